The number of methoxy groups -OCH3 is 1. The van der Waals surface area contributed by atoms with E-state index in [-0.39, 0.29) is 29.8 Å². The number of aryl methyl sites for hydroxylation is 2. The van der Waals surface area contributed by atoms with Crippen LogP contribution in [0.4, 0.5) is 17.1 Å². The van der Waals surface area contributed by atoms with Gasteiger partial charge in [-0.2, -0.15) is 0 Å². The molecule has 30 heavy (non-hydrogen) atoms. The first-order valence-electron chi connectivity index (χ1n) is 9.33. The Bertz CT molecular complexity index is 960. The summed E-state index contributed by atoms with van der Waals surface area (Å²) in [4.78, 5) is 37.0. The lowest BCUT2D eigenvalue weighted by Crippen LogP contribution is -2.43. The zero-order chi connectivity index (χ0) is 22.4. The van der Waals surface area contributed by atoms with Crippen molar-refractivity contribution in [1.29, 1.82) is 0 Å². The molecule has 0 heterocycles. The lowest BCUT2D eigenvalue weighted by atomic mass is 10.1. The number of ether oxygens (including phenoxy) is 1. The molecule has 0 aromatic heterocycles. The number of nitrogens with zero attached hydrogens (tertiary/aromatic N) is 2. The largest absolute Gasteiger partial charge is 0.494 e. The molecule has 0 saturated heterocycles. The average molecular weight is 414 g/mol. The third-order valence-electron chi connectivity index (χ3n) is 4.75. The summed E-state index contributed by atoms with van der Waals surface area (Å²) < 4.78 is 5.13. The quantitative estimate of drug-likeness (QED) is 0.507. The average Bonchev–Trinajstić information content (AvgIpc) is 2.69. The Kier molecular flexibility index (Phi) is 7.48. The van der Waals surface area contributed by atoms with Crippen LogP contribution in [-0.2, 0) is 9.59 Å². The third kappa shape index (κ3) is 5.77. The number of hydrogen-bond acceptors (Lipinski definition) is 6. The molecule has 1 atom stereocenters. The van der Waals surface area contributed by atoms with Gasteiger partial charge in [-0.05, 0) is 51.1 Å². The van der Waals surface area contributed by atoms with Gasteiger partial charge in [-0.1, -0.05) is 12.1 Å². The molecule has 2 rings (SSSR count). The smallest absolute Gasteiger partial charge is 0.273 e. The molecule has 0 spiro atoms. The standard InChI is InChI=1S/C21H26N4O5/c1-13-6-7-14(2)18(10-13)22-20(26)12-24(4)15(3)21(27)23-17-9-8-16(25(28)29)11-19(17)30-5/h6-11,15H,12H2,1-5H3,(H,22,26)(H,23,27)/t15-/m1/s1. The van der Waals surface area contributed by atoms with E-state index in [9.17, 15) is 19.7 Å². The minimum absolute atomic E-state index is 0.0133. The maximum Gasteiger partial charge on any atom is 0.273 e. The minimum atomic E-state index is -0.630. The molecule has 0 aliphatic rings. The third-order valence-corrected chi connectivity index (χ3v) is 4.75. The second kappa shape index (κ2) is 9.84. The van der Waals surface area contributed by atoms with Crippen LogP contribution in [0.5, 0.6) is 5.75 Å². The van der Waals surface area contributed by atoms with E-state index in [1.54, 1.807) is 18.9 Å². The van der Waals surface area contributed by atoms with E-state index in [1.165, 1.54) is 25.3 Å². The molecular weight excluding hydrogens is 388 g/mol. The summed E-state index contributed by atoms with van der Waals surface area (Å²) in [6, 6.07) is 9.09. The number of non-ortho nitro benzene ring substituents is 1. The van der Waals surface area contributed by atoms with Crippen LogP contribution in [0.15, 0.2) is 36.4 Å². The summed E-state index contributed by atoms with van der Waals surface area (Å²) in [7, 11) is 3.03. The Morgan fingerprint density at radius 1 is 1.13 bits per heavy atom. The normalized spacial score (nSPS) is 11.7. The van der Waals surface area contributed by atoms with Crippen molar-refractivity contribution in [3.05, 3.63) is 57.6 Å². The lowest BCUT2D eigenvalue weighted by molar-refractivity contribution is -0.384. The van der Waals surface area contributed by atoms with E-state index in [4.69, 9.17) is 4.74 Å². The Morgan fingerprint density at radius 3 is 2.47 bits per heavy atom. The van der Waals surface area contributed by atoms with Crippen molar-refractivity contribution in [2.75, 3.05) is 31.3 Å². The van der Waals surface area contributed by atoms with Crippen molar-refractivity contribution in [2.45, 2.75) is 26.8 Å². The van der Waals surface area contributed by atoms with Crippen molar-refractivity contribution < 1.29 is 19.2 Å². The van der Waals surface area contributed by atoms with E-state index >= 15 is 0 Å². The van der Waals surface area contributed by atoms with E-state index in [0.29, 0.717) is 5.69 Å². The molecule has 0 bridgehead atoms. The van der Waals surface area contributed by atoms with Crippen molar-refractivity contribution in [3.63, 3.8) is 0 Å². The molecule has 2 N–H and O–H groups in total. The molecule has 0 aliphatic carbocycles. The molecule has 0 fully saturated rings. The monoisotopic (exact) mass is 414 g/mol. The van der Waals surface area contributed by atoms with Crippen LogP contribution in [0.25, 0.3) is 0 Å². The minimum Gasteiger partial charge on any atom is -0.494 e. The van der Waals surface area contributed by atoms with Crippen molar-refractivity contribution in [3.8, 4) is 5.75 Å². The number of nitro groups is 1. The fourth-order valence-electron chi connectivity index (χ4n) is 2.76. The number of likely N-dealkylation sites (N-methyl/N-ethyl adjacent to an activating group) is 1. The molecule has 2 amide bonds. The summed E-state index contributed by atoms with van der Waals surface area (Å²) in [5.41, 5.74) is 2.90. The zero-order valence-electron chi connectivity index (χ0n) is 17.7. The van der Waals surface area contributed by atoms with Crippen molar-refractivity contribution >= 4 is 28.9 Å². The maximum absolute atomic E-state index is 12.6. The highest BCUT2D eigenvalue weighted by molar-refractivity contribution is 5.97. The summed E-state index contributed by atoms with van der Waals surface area (Å²) in [5, 5.41) is 16.4. The molecule has 0 unspecified atom stereocenters. The molecule has 160 valence electrons. The first kappa shape index (κ1) is 22.8. The number of anilines is 2. The van der Waals surface area contributed by atoms with Crippen molar-refractivity contribution in [2.24, 2.45) is 0 Å². The van der Waals surface area contributed by atoms with Gasteiger partial charge in [0.2, 0.25) is 11.8 Å². The van der Waals surface area contributed by atoms with Gasteiger partial charge in [0, 0.05) is 11.8 Å². The molecule has 0 saturated carbocycles. The molecule has 2 aromatic rings. The zero-order valence-corrected chi connectivity index (χ0v) is 17.7. The first-order valence-corrected chi connectivity index (χ1v) is 9.33. The van der Waals surface area contributed by atoms with Crippen molar-refractivity contribution in [1.82, 2.24) is 4.90 Å². The Hall–Kier alpha value is -3.46. The van der Waals surface area contributed by atoms with Gasteiger partial charge < -0.3 is 15.4 Å². The SMILES string of the molecule is COc1cc([N+](=O)[O-])ccc1NC(=O)[C@@H](C)N(C)CC(=O)Nc1cc(C)ccc1C. The molecule has 9 nitrogen and oxygen atoms in total. The number of amides is 2. The summed E-state index contributed by atoms with van der Waals surface area (Å²) in [6.07, 6.45) is 0. The van der Waals surface area contributed by atoms with Crippen LogP contribution >= 0.6 is 0 Å². The van der Waals surface area contributed by atoms with Gasteiger partial charge in [0.05, 0.1) is 36.4 Å². The van der Waals surface area contributed by atoms with Gasteiger partial charge in [0.25, 0.3) is 5.69 Å². The number of hydrogen-bond donors (Lipinski definition) is 2. The predicted octanol–water partition coefficient (Wildman–Crippen LogP) is 3.12. The summed E-state index contributed by atoms with van der Waals surface area (Å²) in [6.45, 7) is 5.53. The van der Waals surface area contributed by atoms with E-state index in [2.05, 4.69) is 10.6 Å². The predicted molar refractivity (Wildman–Crippen MR) is 115 cm³/mol. The number of nitrogens with one attached hydrogen (secondary N) is 2. The summed E-state index contributed by atoms with van der Waals surface area (Å²) in [5.74, 6) is -0.428. The second-order valence-corrected chi connectivity index (χ2v) is 7.09. The topological polar surface area (TPSA) is 114 Å². The lowest BCUT2D eigenvalue weighted by Gasteiger charge is -2.24. The van der Waals surface area contributed by atoms with Gasteiger partial charge in [-0.3, -0.25) is 24.6 Å². The van der Waals surface area contributed by atoms with Gasteiger partial charge in [-0.25, -0.2) is 0 Å². The van der Waals surface area contributed by atoms with Crippen LogP contribution in [0.2, 0.25) is 0 Å². The Morgan fingerprint density at radius 2 is 1.83 bits per heavy atom. The molecule has 0 radical (unpaired) electrons. The van der Waals surface area contributed by atoms with Crippen LogP contribution in [0, 0.1) is 24.0 Å². The molecular formula is C21H26N4O5. The number of carbonyl (C=O) groups excluding carboxylic acids is 2. The van der Waals surface area contributed by atoms with E-state index in [0.717, 1.165) is 16.8 Å². The van der Waals surface area contributed by atoms with Crippen LogP contribution in [0.1, 0.15) is 18.1 Å². The van der Waals surface area contributed by atoms with Gasteiger partial charge in [0.1, 0.15) is 5.75 Å². The number of rotatable bonds is 8. The number of benzene rings is 2. The number of carbonyl (C=O) groups is 2. The molecule has 9 heteroatoms. The first-order chi connectivity index (χ1) is 14.1. The van der Waals surface area contributed by atoms with E-state index in [1.807, 2.05) is 32.0 Å². The summed E-state index contributed by atoms with van der Waals surface area (Å²) >= 11 is 0. The van der Waals surface area contributed by atoms with Gasteiger partial charge >= 0.3 is 0 Å². The van der Waals surface area contributed by atoms with Crippen LogP contribution in [0.3, 0.4) is 0 Å². The second-order valence-electron chi connectivity index (χ2n) is 7.09. The van der Waals surface area contributed by atoms with Gasteiger partial charge in [0.15, 0.2) is 0 Å². The highest BCUT2D eigenvalue weighted by atomic mass is 16.6. The Labute approximate surface area is 175 Å². The number of nitro benzene ring substituents is 1. The molecule has 2 aromatic carbocycles. The molecule has 0 aliphatic heterocycles. The maximum atomic E-state index is 12.6. The van der Waals surface area contributed by atoms with Crippen LogP contribution in [-0.4, -0.2) is 48.4 Å². The van der Waals surface area contributed by atoms with Crippen LogP contribution < -0.4 is 15.4 Å². The Balaban J connectivity index is 2.01. The highest BCUT2D eigenvalue weighted by Gasteiger charge is 2.22. The highest BCUT2D eigenvalue weighted by Crippen LogP contribution is 2.29. The fourth-order valence-corrected chi connectivity index (χ4v) is 2.76. The fraction of sp³-hybridized carbons (Fsp3) is 0.333. The van der Waals surface area contributed by atoms with E-state index < -0.39 is 11.0 Å². The van der Waals surface area contributed by atoms with Gasteiger partial charge in [-0.15, -0.1) is 0 Å².